The molecule has 0 bridgehead atoms. The molecule has 0 aliphatic rings. The molecule has 0 atom stereocenters. The van der Waals surface area contributed by atoms with Gasteiger partial charge in [0.15, 0.2) is 6.61 Å². The van der Waals surface area contributed by atoms with Crippen molar-refractivity contribution in [2.24, 2.45) is 0 Å². The Balaban J connectivity index is 1.63. The molecule has 0 unspecified atom stereocenters. The lowest BCUT2D eigenvalue weighted by atomic mass is 10.1. The van der Waals surface area contributed by atoms with Crippen molar-refractivity contribution >= 4 is 28.8 Å². The maximum Gasteiger partial charge on any atom is 0.340 e. The number of ether oxygens (including phenoxy) is 1. The Morgan fingerprint density at radius 1 is 1.08 bits per heavy atom. The second-order valence-corrected chi connectivity index (χ2v) is 5.90. The Morgan fingerprint density at radius 3 is 2.71 bits per heavy atom. The van der Waals surface area contributed by atoms with E-state index in [1.54, 1.807) is 42.7 Å². The first-order valence-corrected chi connectivity index (χ1v) is 8.21. The average Bonchev–Trinajstić information content (AvgIpc) is 3.31. The third-order valence-electron chi connectivity index (χ3n) is 3.31. The van der Waals surface area contributed by atoms with Gasteiger partial charge in [0.1, 0.15) is 5.76 Å². The molecule has 0 radical (unpaired) electrons. The third kappa shape index (κ3) is 3.91. The van der Waals surface area contributed by atoms with E-state index in [9.17, 15) is 9.59 Å². The van der Waals surface area contributed by atoms with Crippen molar-refractivity contribution < 1.29 is 18.7 Å². The van der Waals surface area contributed by atoms with E-state index in [0.717, 1.165) is 5.76 Å². The van der Waals surface area contributed by atoms with Crippen molar-refractivity contribution in [3.63, 3.8) is 0 Å². The molecule has 0 aliphatic heterocycles. The molecule has 0 saturated heterocycles. The monoisotopic (exact) mass is 341 g/mol. The minimum atomic E-state index is -0.539. The van der Waals surface area contributed by atoms with E-state index in [4.69, 9.17) is 9.15 Å². The normalized spacial score (nSPS) is 10.3. The summed E-state index contributed by atoms with van der Waals surface area (Å²) in [7, 11) is 0. The van der Waals surface area contributed by atoms with Crippen LogP contribution in [0.2, 0.25) is 0 Å². The highest BCUT2D eigenvalue weighted by molar-refractivity contribution is 7.12. The maximum atomic E-state index is 12.3. The summed E-state index contributed by atoms with van der Waals surface area (Å²) in [4.78, 5) is 24.8. The summed E-state index contributed by atoms with van der Waals surface area (Å²) >= 11 is 1.32. The smallest absolute Gasteiger partial charge is 0.340 e. The molecule has 122 valence electrons. The summed E-state index contributed by atoms with van der Waals surface area (Å²) in [5.74, 6) is 0.00729. The number of hydrogen-bond acceptors (Lipinski definition) is 6. The van der Waals surface area contributed by atoms with E-state index in [1.165, 1.54) is 11.3 Å². The number of furan rings is 1. The van der Waals surface area contributed by atoms with Crippen LogP contribution in [0.25, 0.3) is 0 Å². The number of para-hydroxylation sites is 1. The molecule has 0 fully saturated rings. The van der Waals surface area contributed by atoms with Gasteiger partial charge in [-0.15, -0.1) is 11.3 Å². The van der Waals surface area contributed by atoms with Crippen LogP contribution >= 0.6 is 11.3 Å². The van der Waals surface area contributed by atoms with E-state index >= 15 is 0 Å². The number of anilines is 1. The van der Waals surface area contributed by atoms with Crippen molar-refractivity contribution in [1.82, 2.24) is 0 Å². The summed E-state index contributed by atoms with van der Waals surface area (Å²) in [5.41, 5.74) is 1.01. The lowest BCUT2D eigenvalue weighted by molar-refractivity contribution is 0.0476. The summed E-state index contributed by atoms with van der Waals surface area (Å²) in [6.07, 6.45) is 1.59. The molecular formula is C18H15NO4S. The van der Waals surface area contributed by atoms with Gasteiger partial charge < -0.3 is 14.5 Å². The van der Waals surface area contributed by atoms with E-state index in [0.29, 0.717) is 22.7 Å². The molecule has 24 heavy (non-hydrogen) atoms. The number of carbonyl (C=O) groups excluding carboxylic acids is 2. The van der Waals surface area contributed by atoms with Crippen LogP contribution < -0.4 is 5.32 Å². The van der Waals surface area contributed by atoms with Crippen LogP contribution in [0.15, 0.2) is 64.6 Å². The zero-order valence-corrected chi connectivity index (χ0v) is 13.5. The molecule has 1 aromatic carbocycles. The molecule has 2 heterocycles. The number of nitrogens with one attached hydrogen (secondary N) is 1. The lowest BCUT2D eigenvalue weighted by Gasteiger charge is -2.10. The first-order chi connectivity index (χ1) is 11.7. The maximum absolute atomic E-state index is 12.3. The number of Topliss-reactive ketones (excluding diaryl/α,β-unsaturated/α-hetero) is 1. The zero-order valence-electron chi connectivity index (χ0n) is 12.7. The van der Waals surface area contributed by atoms with Crippen molar-refractivity contribution in [3.8, 4) is 0 Å². The molecule has 2 aromatic heterocycles. The first-order valence-electron chi connectivity index (χ1n) is 7.33. The van der Waals surface area contributed by atoms with Gasteiger partial charge in [-0.05, 0) is 35.7 Å². The number of esters is 1. The molecule has 6 heteroatoms. The Labute approximate surface area is 142 Å². The fraction of sp³-hybridized carbons (Fsp3) is 0.111. The van der Waals surface area contributed by atoms with Crippen LogP contribution in [-0.2, 0) is 11.3 Å². The van der Waals surface area contributed by atoms with E-state index in [1.807, 2.05) is 17.5 Å². The van der Waals surface area contributed by atoms with Gasteiger partial charge in [-0.1, -0.05) is 18.2 Å². The lowest BCUT2D eigenvalue weighted by Crippen LogP contribution is -2.15. The number of benzene rings is 1. The van der Waals surface area contributed by atoms with E-state index in [-0.39, 0.29) is 12.4 Å². The van der Waals surface area contributed by atoms with Crippen LogP contribution in [0.4, 0.5) is 5.69 Å². The van der Waals surface area contributed by atoms with Gasteiger partial charge in [-0.3, -0.25) is 4.79 Å². The molecule has 1 N–H and O–H groups in total. The van der Waals surface area contributed by atoms with Crippen molar-refractivity contribution in [3.05, 3.63) is 76.4 Å². The molecule has 3 aromatic rings. The van der Waals surface area contributed by atoms with Gasteiger partial charge in [0.2, 0.25) is 5.78 Å². The molecule has 5 nitrogen and oxygen atoms in total. The van der Waals surface area contributed by atoms with Crippen LogP contribution in [0.3, 0.4) is 0 Å². The predicted molar refractivity (Wildman–Crippen MR) is 91.4 cm³/mol. The molecule has 0 aliphatic carbocycles. The standard InChI is InChI=1S/C18H15NO4S/c20-16(17-8-4-10-24-17)12-23-18(21)14-6-1-2-7-15(14)19-11-13-5-3-9-22-13/h1-10,19H,11-12H2. The highest BCUT2D eigenvalue weighted by Crippen LogP contribution is 2.18. The zero-order chi connectivity index (χ0) is 16.8. The minimum absolute atomic E-state index is 0.209. The first kappa shape index (κ1) is 16.0. The van der Waals surface area contributed by atoms with E-state index < -0.39 is 5.97 Å². The number of thiophene rings is 1. The highest BCUT2D eigenvalue weighted by Gasteiger charge is 2.15. The molecular weight excluding hydrogens is 326 g/mol. The van der Waals surface area contributed by atoms with Crippen LogP contribution in [-0.4, -0.2) is 18.4 Å². The largest absolute Gasteiger partial charge is 0.467 e. The third-order valence-corrected chi connectivity index (χ3v) is 4.22. The summed E-state index contributed by atoms with van der Waals surface area (Å²) in [6, 6.07) is 14.1. The van der Waals surface area contributed by atoms with Gasteiger partial charge in [-0.2, -0.15) is 0 Å². The van der Waals surface area contributed by atoms with Crippen LogP contribution in [0, 0.1) is 0 Å². The Hall–Kier alpha value is -2.86. The fourth-order valence-corrected chi connectivity index (χ4v) is 2.78. The predicted octanol–water partition coefficient (Wildman–Crippen LogP) is 3.99. The second-order valence-electron chi connectivity index (χ2n) is 4.96. The minimum Gasteiger partial charge on any atom is -0.467 e. The summed E-state index contributed by atoms with van der Waals surface area (Å²) in [5, 5.41) is 4.94. The average molecular weight is 341 g/mol. The van der Waals surface area contributed by atoms with Crippen LogP contribution in [0.1, 0.15) is 25.8 Å². The number of carbonyl (C=O) groups is 2. The van der Waals surface area contributed by atoms with Gasteiger partial charge in [0, 0.05) is 5.69 Å². The van der Waals surface area contributed by atoms with Crippen molar-refractivity contribution in [2.75, 3.05) is 11.9 Å². The molecule has 0 spiro atoms. The molecule has 3 rings (SSSR count). The summed E-state index contributed by atoms with van der Waals surface area (Å²) in [6.45, 7) is 0.178. The SMILES string of the molecule is O=C(COC(=O)c1ccccc1NCc1ccco1)c1cccs1. The van der Waals surface area contributed by atoms with Gasteiger partial charge in [-0.25, -0.2) is 4.79 Å². The fourth-order valence-electron chi connectivity index (χ4n) is 2.13. The number of rotatable bonds is 7. The Bertz CT molecular complexity index is 809. The highest BCUT2D eigenvalue weighted by atomic mass is 32.1. The Kier molecular flexibility index (Phi) is 5.08. The van der Waals surface area contributed by atoms with Crippen LogP contribution in [0.5, 0.6) is 0 Å². The van der Waals surface area contributed by atoms with Crippen molar-refractivity contribution in [2.45, 2.75) is 6.54 Å². The number of ketones is 1. The molecule has 0 saturated carbocycles. The topological polar surface area (TPSA) is 68.5 Å². The quantitative estimate of drug-likeness (QED) is 0.520. The Morgan fingerprint density at radius 2 is 1.96 bits per heavy atom. The number of hydrogen-bond donors (Lipinski definition) is 1. The molecule has 0 amide bonds. The van der Waals surface area contributed by atoms with Crippen molar-refractivity contribution in [1.29, 1.82) is 0 Å². The van der Waals surface area contributed by atoms with Gasteiger partial charge >= 0.3 is 5.97 Å². The van der Waals surface area contributed by atoms with Gasteiger partial charge in [0.05, 0.1) is 23.2 Å². The second kappa shape index (κ2) is 7.61. The summed E-state index contributed by atoms with van der Waals surface area (Å²) < 4.78 is 10.4. The van der Waals surface area contributed by atoms with Gasteiger partial charge in [0.25, 0.3) is 0 Å². The van der Waals surface area contributed by atoms with E-state index in [2.05, 4.69) is 5.32 Å².